The SMILES string of the molecule is O=C(CNC1C=CS(=O)(=O)C1)Nc1cccc(F)c1. The highest BCUT2D eigenvalue weighted by Gasteiger charge is 2.21. The molecule has 2 N–H and O–H groups in total. The Morgan fingerprint density at radius 3 is 2.84 bits per heavy atom. The summed E-state index contributed by atoms with van der Waals surface area (Å²) in [4.78, 5) is 11.6. The van der Waals surface area contributed by atoms with Crippen molar-refractivity contribution in [2.75, 3.05) is 17.6 Å². The van der Waals surface area contributed by atoms with Crippen LogP contribution in [0.4, 0.5) is 10.1 Å². The van der Waals surface area contributed by atoms with Gasteiger partial charge in [-0.2, -0.15) is 0 Å². The molecule has 1 amide bonds. The topological polar surface area (TPSA) is 75.3 Å². The first-order valence-electron chi connectivity index (χ1n) is 5.64. The van der Waals surface area contributed by atoms with Crippen molar-refractivity contribution in [3.63, 3.8) is 0 Å². The molecule has 102 valence electrons. The Hall–Kier alpha value is -1.73. The molecule has 7 heteroatoms. The van der Waals surface area contributed by atoms with Gasteiger partial charge in [-0.3, -0.25) is 4.79 Å². The highest BCUT2D eigenvalue weighted by Crippen LogP contribution is 2.09. The molecule has 0 bridgehead atoms. The molecule has 1 aromatic carbocycles. The summed E-state index contributed by atoms with van der Waals surface area (Å²) in [7, 11) is -3.13. The first-order chi connectivity index (χ1) is 8.94. The summed E-state index contributed by atoms with van der Waals surface area (Å²) in [5, 5.41) is 6.45. The van der Waals surface area contributed by atoms with Crippen molar-refractivity contribution < 1.29 is 17.6 Å². The van der Waals surface area contributed by atoms with Crippen LogP contribution in [0.2, 0.25) is 0 Å². The van der Waals surface area contributed by atoms with Crippen molar-refractivity contribution in [2.45, 2.75) is 6.04 Å². The zero-order chi connectivity index (χ0) is 13.9. The zero-order valence-corrected chi connectivity index (χ0v) is 10.8. The van der Waals surface area contributed by atoms with E-state index in [1.165, 1.54) is 24.3 Å². The number of carbonyl (C=O) groups is 1. The number of halogens is 1. The average molecular weight is 284 g/mol. The van der Waals surface area contributed by atoms with Crippen LogP contribution in [0.5, 0.6) is 0 Å². The lowest BCUT2D eigenvalue weighted by Gasteiger charge is -2.10. The second-order valence-corrected chi connectivity index (χ2v) is 6.14. The molecular weight excluding hydrogens is 271 g/mol. The third-order valence-electron chi connectivity index (χ3n) is 2.56. The summed E-state index contributed by atoms with van der Waals surface area (Å²) in [6.45, 7) is -0.0406. The van der Waals surface area contributed by atoms with E-state index in [9.17, 15) is 17.6 Å². The fourth-order valence-electron chi connectivity index (χ4n) is 1.70. The third kappa shape index (κ3) is 4.15. The average Bonchev–Trinajstić information content (AvgIpc) is 2.66. The number of benzene rings is 1. The van der Waals surface area contributed by atoms with Crippen LogP contribution in [0.15, 0.2) is 35.7 Å². The standard InChI is InChI=1S/C12H13FN2O3S/c13-9-2-1-3-10(6-9)15-12(16)7-14-11-4-5-19(17,18)8-11/h1-6,11,14H,7-8H2,(H,15,16). The van der Waals surface area contributed by atoms with Gasteiger partial charge in [-0.15, -0.1) is 0 Å². The predicted octanol–water partition coefficient (Wildman–Crippen LogP) is 0.664. The number of hydrogen-bond acceptors (Lipinski definition) is 4. The minimum absolute atomic E-state index is 0.0406. The third-order valence-corrected chi connectivity index (χ3v) is 3.96. The van der Waals surface area contributed by atoms with Gasteiger partial charge in [-0.05, 0) is 18.2 Å². The van der Waals surface area contributed by atoms with Crippen molar-refractivity contribution >= 4 is 21.4 Å². The van der Waals surface area contributed by atoms with E-state index in [0.29, 0.717) is 5.69 Å². The van der Waals surface area contributed by atoms with Crippen LogP contribution in [-0.2, 0) is 14.6 Å². The largest absolute Gasteiger partial charge is 0.325 e. The predicted molar refractivity (Wildman–Crippen MR) is 69.7 cm³/mol. The van der Waals surface area contributed by atoms with Gasteiger partial charge in [0.05, 0.1) is 12.3 Å². The summed E-state index contributed by atoms with van der Waals surface area (Å²) < 4.78 is 35.2. The monoisotopic (exact) mass is 284 g/mol. The fraction of sp³-hybridized carbons (Fsp3) is 0.250. The van der Waals surface area contributed by atoms with E-state index in [2.05, 4.69) is 10.6 Å². The lowest BCUT2D eigenvalue weighted by Crippen LogP contribution is -2.36. The summed E-state index contributed by atoms with van der Waals surface area (Å²) >= 11 is 0. The number of hydrogen-bond donors (Lipinski definition) is 2. The van der Waals surface area contributed by atoms with Crippen molar-refractivity contribution in [3.8, 4) is 0 Å². The molecule has 1 unspecified atom stereocenters. The lowest BCUT2D eigenvalue weighted by atomic mass is 10.3. The maximum Gasteiger partial charge on any atom is 0.238 e. The molecule has 1 aromatic rings. The summed E-state index contributed by atoms with van der Waals surface area (Å²) in [5.74, 6) is -0.834. The van der Waals surface area contributed by atoms with Crippen molar-refractivity contribution in [1.29, 1.82) is 0 Å². The molecule has 0 saturated carbocycles. The quantitative estimate of drug-likeness (QED) is 0.852. The lowest BCUT2D eigenvalue weighted by molar-refractivity contribution is -0.115. The molecule has 1 atom stereocenters. The summed E-state index contributed by atoms with van der Waals surface area (Å²) in [5.41, 5.74) is 0.362. The van der Waals surface area contributed by atoms with E-state index < -0.39 is 15.7 Å². The maximum absolute atomic E-state index is 12.9. The minimum atomic E-state index is -3.13. The van der Waals surface area contributed by atoms with Crippen LogP contribution in [0, 0.1) is 5.82 Å². The first-order valence-corrected chi connectivity index (χ1v) is 7.36. The fourth-order valence-corrected chi connectivity index (χ4v) is 2.97. The van der Waals surface area contributed by atoms with Crippen LogP contribution in [0.1, 0.15) is 0 Å². The number of sulfone groups is 1. The van der Waals surface area contributed by atoms with Gasteiger partial charge in [0.1, 0.15) is 5.82 Å². The molecule has 2 rings (SSSR count). The van der Waals surface area contributed by atoms with Gasteiger partial charge < -0.3 is 10.6 Å². The van der Waals surface area contributed by atoms with Gasteiger partial charge in [0.15, 0.2) is 9.84 Å². The molecule has 1 heterocycles. The number of anilines is 1. The van der Waals surface area contributed by atoms with Crippen LogP contribution in [-0.4, -0.2) is 32.7 Å². The van der Waals surface area contributed by atoms with E-state index in [4.69, 9.17) is 0 Å². The van der Waals surface area contributed by atoms with E-state index in [1.54, 1.807) is 6.07 Å². The second kappa shape index (κ2) is 5.50. The molecular formula is C12H13FN2O3S. The zero-order valence-electron chi connectivity index (χ0n) is 9.97. The number of amides is 1. The Morgan fingerprint density at radius 1 is 1.42 bits per heavy atom. The number of nitrogens with one attached hydrogen (secondary N) is 2. The molecule has 5 nitrogen and oxygen atoms in total. The molecule has 0 spiro atoms. The maximum atomic E-state index is 12.9. The van der Waals surface area contributed by atoms with Gasteiger partial charge in [0.25, 0.3) is 0 Å². The molecule has 19 heavy (non-hydrogen) atoms. The van der Waals surface area contributed by atoms with E-state index >= 15 is 0 Å². The number of rotatable bonds is 4. The van der Waals surface area contributed by atoms with E-state index in [-0.39, 0.29) is 24.2 Å². The Balaban J connectivity index is 1.81. The Kier molecular flexibility index (Phi) is 3.96. The van der Waals surface area contributed by atoms with Crippen molar-refractivity contribution in [2.24, 2.45) is 0 Å². The van der Waals surface area contributed by atoms with Gasteiger partial charge in [0.2, 0.25) is 5.91 Å². The van der Waals surface area contributed by atoms with Crippen molar-refractivity contribution in [3.05, 3.63) is 41.6 Å². The van der Waals surface area contributed by atoms with Crippen LogP contribution in [0.25, 0.3) is 0 Å². The van der Waals surface area contributed by atoms with Gasteiger partial charge in [0, 0.05) is 17.1 Å². The highest BCUT2D eigenvalue weighted by molar-refractivity contribution is 7.94. The van der Waals surface area contributed by atoms with Crippen LogP contribution < -0.4 is 10.6 Å². The molecule has 0 saturated heterocycles. The summed E-state index contributed by atoms with van der Waals surface area (Å²) in [6, 6.07) is 5.19. The smallest absolute Gasteiger partial charge is 0.238 e. The molecule has 0 aromatic heterocycles. The van der Waals surface area contributed by atoms with Crippen LogP contribution in [0.3, 0.4) is 0 Å². The molecule has 0 fully saturated rings. The minimum Gasteiger partial charge on any atom is -0.325 e. The van der Waals surface area contributed by atoms with Gasteiger partial charge in [-0.1, -0.05) is 12.1 Å². The molecule has 1 aliphatic heterocycles. The van der Waals surface area contributed by atoms with Crippen molar-refractivity contribution in [1.82, 2.24) is 5.32 Å². The van der Waals surface area contributed by atoms with Crippen LogP contribution >= 0.6 is 0 Å². The van der Waals surface area contributed by atoms with Gasteiger partial charge in [-0.25, -0.2) is 12.8 Å². The Morgan fingerprint density at radius 2 is 2.21 bits per heavy atom. The van der Waals surface area contributed by atoms with Gasteiger partial charge >= 0.3 is 0 Å². The molecule has 1 aliphatic rings. The second-order valence-electron chi connectivity index (χ2n) is 4.20. The molecule has 0 aliphatic carbocycles. The summed E-state index contributed by atoms with van der Waals surface area (Å²) in [6.07, 6.45) is 1.50. The van der Waals surface area contributed by atoms with E-state index in [1.807, 2.05) is 0 Å². The Bertz CT molecular complexity index is 613. The molecule has 0 radical (unpaired) electrons. The number of carbonyl (C=O) groups excluding carboxylic acids is 1. The first kappa shape index (κ1) is 13.7. The van der Waals surface area contributed by atoms with E-state index in [0.717, 1.165) is 5.41 Å². The highest BCUT2D eigenvalue weighted by atomic mass is 32.2. The normalized spacial score (nSPS) is 20.4. The Labute approximate surface area is 110 Å².